The van der Waals surface area contributed by atoms with Gasteiger partial charge >= 0.3 is 0 Å². The summed E-state index contributed by atoms with van der Waals surface area (Å²) in [5, 5.41) is 6.63. The highest BCUT2D eigenvalue weighted by atomic mass is 127. The molecule has 6 heteroatoms. The van der Waals surface area contributed by atoms with Crippen LogP contribution in [0.15, 0.2) is 191 Å². The largest absolute Gasteiger partial charge is 0.456 e. The molecule has 5 nitrogen and oxygen atoms in total. The zero-order valence-electron chi connectivity index (χ0n) is 30.9. The van der Waals surface area contributed by atoms with Crippen LogP contribution in [-0.4, -0.2) is 14.5 Å². The van der Waals surface area contributed by atoms with E-state index in [1.807, 2.05) is 30.3 Å². The van der Waals surface area contributed by atoms with E-state index in [1.54, 1.807) is 0 Å². The summed E-state index contributed by atoms with van der Waals surface area (Å²) in [6.45, 7) is 0. The number of fused-ring (bicyclic) bond motifs is 10. The minimum absolute atomic E-state index is 0.613. The molecule has 0 saturated carbocycles. The van der Waals surface area contributed by atoms with Crippen LogP contribution >= 0.6 is 22.6 Å². The molecule has 0 amide bonds. The van der Waals surface area contributed by atoms with Gasteiger partial charge in [0.05, 0.1) is 20.3 Å². The molecular weight excluding hydrogens is 825 g/mol. The molecule has 4 heterocycles. The van der Waals surface area contributed by atoms with Crippen LogP contribution in [0.3, 0.4) is 0 Å². The number of rotatable bonds is 5. The number of halogens is 1. The van der Waals surface area contributed by atoms with E-state index in [4.69, 9.17) is 18.8 Å². The molecule has 0 unspecified atom stereocenters. The molecule has 12 aromatic rings. The fourth-order valence-electron chi connectivity index (χ4n) is 8.71. The number of para-hydroxylation sites is 2. The summed E-state index contributed by atoms with van der Waals surface area (Å²) < 4.78 is 16.2. The van der Waals surface area contributed by atoms with E-state index in [2.05, 4.69) is 179 Å². The van der Waals surface area contributed by atoms with Crippen LogP contribution < -0.4 is 0 Å². The normalized spacial score (nSPS) is 11.9. The summed E-state index contributed by atoms with van der Waals surface area (Å²) in [6, 6.07) is 63.4. The Morgan fingerprint density at radius 1 is 0.397 bits per heavy atom. The molecule has 0 N–H and O–H groups in total. The van der Waals surface area contributed by atoms with Gasteiger partial charge in [-0.1, -0.05) is 133 Å². The number of nitrogens with zero attached hydrogens (tertiary/aromatic N) is 3. The van der Waals surface area contributed by atoms with Gasteiger partial charge in [-0.15, -0.1) is 0 Å². The van der Waals surface area contributed by atoms with Crippen LogP contribution in [0.25, 0.3) is 116 Å². The van der Waals surface area contributed by atoms with Gasteiger partial charge in [0.15, 0.2) is 11.6 Å². The number of benzene rings is 8. The Morgan fingerprint density at radius 2 is 1.05 bits per heavy atom. The third kappa shape index (κ3) is 5.08. The van der Waals surface area contributed by atoms with E-state index in [9.17, 15) is 0 Å². The number of hydrogen-bond acceptors (Lipinski definition) is 4. The molecular formula is C52H30IN3O2. The Balaban J connectivity index is 1.13. The van der Waals surface area contributed by atoms with Crippen molar-refractivity contribution in [2.75, 3.05) is 0 Å². The van der Waals surface area contributed by atoms with Crippen molar-refractivity contribution in [1.29, 1.82) is 0 Å². The molecule has 0 atom stereocenters. The third-order valence-corrected chi connectivity index (χ3v) is 12.3. The van der Waals surface area contributed by atoms with Crippen molar-refractivity contribution in [2.45, 2.75) is 0 Å². The molecule has 8 aromatic carbocycles. The Kier molecular flexibility index (Phi) is 7.43. The molecule has 0 aliphatic carbocycles. The van der Waals surface area contributed by atoms with Gasteiger partial charge < -0.3 is 8.83 Å². The Morgan fingerprint density at radius 3 is 1.91 bits per heavy atom. The van der Waals surface area contributed by atoms with Crippen molar-refractivity contribution in [3.8, 4) is 50.7 Å². The summed E-state index contributed by atoms with van der Waals surface area (Å²) in [5.41, 5.74) is 12.8. The summed E-state index contributed by atoms with van der Waals surface area (Å²) in [4.78, 5) is 10.9. The number of furan rings is 2. The highest BCUT2D eigenvalue weighted by Crippen LogP contribution is 2.43. The van der Waals surface area contributed by atoms with E-state index in [0.717, 1.165) is 114 Å². The summed E-state index contributed by atoms with van der Waals surface area (Å²) in [5.74, 6) is 1.42. The predicted octanol–water partition coefficient (Wildman–Crippen LogP) is 14.6. The first-order valence-corrected chi connectivity index (χ1v) is 20.3. The van der Waals surface area contributed by atoms with Crippen LogP contribution in [0.5, 0.6) is 0 Å². The highest BCUT2D eigenvalue weighted by Gasteiger charge is 2.24. The van der Waals surface area contributed by atoms with Crippen molar-refractivity contribution in [1.82, 2.24) is 14.5 Å². The van der Waals surface area contributed by atoms with E-state index in [-0.39, 0.29) is 0 Å². The van der Waals surface area contributed by atoms with Crippen LogP contribution in [-0.2, 0) is 0 Å². The van der Waals surface area contributed by atoms with E-state index >= 15 is 0 Å². The molecule has 0 bridgehead atoms. The number of hydrogen-bond donors (Lipinski definition) is 0. The number of aromatic nitrogens is 3. The van der Waals surface area contributed by atoms with Gasteiger partial charge in [0, 0.05) is 43.4 Å². The molecule has 0 aliphatic rings. The fourth-order valence-corrected chi connectivity index (χ4v) is 9.50. The van der Waals surface area contributed by atoms with E-state index < -0.39 is 0 Å². The Labute approximate surface area is 346 Å². The smallest absolute Gasteiger partial charge is 0.162 e. The quantitative estimate of drug-likeness (QED) is 0.162. The van der Waals surface area contributed by atoms with Crippen molar-refractivity contribution in [3.63, 3.8) is 0 Å². The van der Waals surface area contributed by atoms with Crippen molar-refractivity contribution in [3.05, 3.63) is 186 Å². The van der Waals surface area contributed by atoms with Crippen molar-refractivity contribution in [2.24, 2.45) is 0 Å². The average Bonchev–Trinajstić information content (AvgIpc) is 3.96. The molecule has 58 heavy (non-hydrogen) atoms. The Bertz CT molecular complexity index is 3580. The lowest BCUT2D eigenvalue weighted by molar-refractivity contribution is 0.669. The topological polar surface area (TPSA) is 57.0 Å². The Hall–Kier alpha value is -7.03. The average molecular weight is 856 g/mol. The van der Waals surface area contributed by atoms with Crippen LogP contribution in [0.4, 0.5) is 0 Å². The van der Waals surface area contributed by atoms with Gasteiger partial charge in [-0.25, -0.2) is 9.97 Å². The molecule has 0 spiro atoms. The van der Waals surface area contributed by atoms with Gasteiger partial charge in [0.25, 0.3) is 0 Å². The summed E-state index contributed by atoms with van der Waals surface area (Å²) in [7, 11) is 0. The molecule has 0 radical (unpaired) electrons. The molecule has 272 valence electrons. The SMILES string of the molecule is Ic1c(-c2cccc(-c3ccccc3)c2)nc(-c2ccc3c(c2)oc2cccc(-c4ccccc4)c23)nc1-n1c2ccccc2c2c3c(ccc21)oc1ccccc13. The monoisotopic (exact) mass is 855 g/mol. The standard InChI is InChI=1S/C52H30IN3O2/c53-49-50(34-18-11-17-33(29-34)31-13-3-1-4-14-31)54-51(35-25-26-39-45(30-35)58-43-24-12-21-36(46(39)43)32-15-5-2-6-16-32)55-52(49)56-40-22-9-7-19-37(40)47-41(56)27-28-44-48(47)38-20-8-10-23-42(38)57-44/h1-30H. The minimum Gasteiger partial charge on any atom is -0.456 e. The second kappa shape index (κ2) is 13.0. The van der Waals surface area contributed by atoms with Crippen molar-refractivity contribution >= 4 is 88.3 Å². The first-order chi connectivity index (χ1) is 28.7. The van der Waals surface area contributed by atoms with E-state index in [1.165, 1.54) is 0 Å². The van der Waals surface area contributed by atoms with Gasteiger partial charge in [-0.2, -0.15) is 0 Å². The predicted molar refractivity (Wildman–Crippen MR) is 245 cm³/mol. The summed E-state index contributed by atoms with van der Waals surface area (Å²) >= 11 is 2.45. The zero-order valence-corrected chi connectivity index (χ0v) is 33.0. The van der Waals surface area contributed by atoms with Crippen LogP contribution in [0, 0.1) is 3.57 Å². The van der Waals surface area contributed by atoms with Gasteiger partial charge in [0.1, 0.15) is 22.3 Å². The summed E-state index contributed by atoms with van der Waals surface area (Å²) in [6.07, 6.45) is 0. The highest BCUT2D eigenvalue weighted by molar-refractivity contribution is 14.1. The first kappa shape index (κ1) is 33.1. The van der Waals surface area contributed by atoms with Crippen molar-refractivity contribution < 1.29 is 8.83 Å². The lowest BCUT2D eigenvalue weighted by Gasteiger charge is -2.15. The lowest BCUT2D eigenvalue weighted by Crippen LogP contribution is -2.06. The fraction of sp³-hybridized carbons (Fsp3) is 0. The molecule has 12 rings (SSSR count). The van der Waals surface area contributed by atoms with Crippen LogP contribution in [0.2, 0.25) is 0 Å². The minimum atomic E-state index is 0.613. The second-order valence-electron chi connectivity index (χ2n) is 14.6. The van der Waals surface area contributed by atoms with Gasteiger partial charge in [-0.3, -0.25) is 4.57 Å². The molecule has 0 saturated heterocycles. The maximum absolute atomic E-state index is 6.60. The van der Waals surface area contributed by atoms with Gasteiger partial charge in [0.2, 0.25) is 0 Å². The molecule has 4 aromatic heterocycles. The second-order valence-corrected chi connectivity index (χ2v) is 15.7. The third-order valence-electron chi connectivity index (χ3n) is 11.3. The first-order valence-electron chi connectivity index (χ1n) is 19.3. The van der Waals surface area contributed by atoms with E-state index in [0.29, 0.717) is 5.82 Å². The van der Waals surface area contributed by atoms with Gasteiger partial charge in [-0.05, 0) is 93.4 Å². The molecule has 0 fully saturated rings. The maximum Gasteiger partial charge on any atom is 0.162 e. The van der Waals surface area contributed by atoms with Crippen LogP contribution in [0.1, 0.15) is 0 Å². The zero-order chi connectivity index (χ0) is 38.3. The lowest BCUT2D eigenvalue weighted by atomic mass is 9.99. The molecule has 0 aliphatic heterocycles. The maximum atomic E-state index is 6.60.